The van der Waals surface area contributed by atoms with E-state index in [4.69, 9.17) is 0 Å². The van der Waals surface area contributed by atoms with E-state index < -0.39 is 11.7 Å². The van der Waals surface area contributed by atoms with Crippen LogP contribution in [0, 0.1) is 5.41 Å². The van der Waals surface area contributed by atoms with Crippen molar-refractivity contribution in [2.45, 2.75) is 37.9 Å². The number of hydrogen-bond donors (Lipinski definition) is 1. The van der Waals surface area contributed by atoms with Crippen LogP contribution in [0.15, 0.2) is 18.3 Å². The van der Waals surface area contributed by atoms with Crippen molar-refractivity contribution in [2.24, 2.45) is 5.41 Å². The van der Waals surface area contributed by atoms with Crippen LogP contribution >= 0.6 is 0 Å². The first kappa shape index (κ1) is 12.0. The van der Waals surface area contributed by atoms with Crippen LogP contribution in [0.2, 0.25) is 0 Å². The normalized spacial score (nSPS) is 26.3. The van der Waals surface area contributed by atoms with Gasteiger partial charge in [0.1, 0.15) is 0 Å². The molecular formula is C13H15F3N2. The standard InChI is InChI=1S/C13H15F3N2/c14-13(15,16)9-1-2-10(18-8-9)11-7-12(3-4-12)5-6-17-11/h1-2,8,11,17H,3-7H2. The highest BCUT2D eigenvalue weighted by Crippen LogP contribution is 2.55. The van der Waals surface area contributed by atoms with Gasteiger partial charge in [0.25, 0.3) is 0 Å². The number of nitrogens with one attached hydrogen (secondary N) is 1. The lowest BCUT2D eigenvalue weighted by atomic mass is 9.88. The molecule has 2 heterocycles. The first-order chi connectivity index (χ1) is 8.49. The topological polar surface area (TPSA) is 24.9 Å². The molecule has 2 fully saturated rings. The van der Waals surface area contributed by atoms with Gasteiger partial charge in [-0.15, -0.1) is 0 Å². The van der Waals surface area contributed by atoms with E-state index in [0.717, 1.165) is 30.9 Å². The van der Waals surface area contributed by atoms with E-state index in [1.807, 2.05) is 0 Å². The van der Waals surface area contributed by atoms with Crippen molar-refractivity contribution in [3.8, 4) is 0 Å². The molecular weight excluding hydrogens is 241 g/mol. The molecule has 0 bridgehead atoms. The monoisotopic (exact) mass is 256 g/mol. The molecule has 1 atom stereocenters. The van der Waals surface area contributed by atoms with Gasteiger partial charge in [-0.1, -0.05) is 0 Å². The number of alkyl halides is 3. The fourth-order valence-electron chi connectivity index (χ4n) is 2.74. The second-order valence-corrected chi connectivity index (χ2v) is 5.43. The molecule has 1 saturated carbocycles. The molecule has 0 aromatic carbocycles. The van der Waals surface area contributed by atoms with E-state index >= 15 is 0 Å². The summed E-state index contributed by atoms with van der Waals surface area (Å²) in [7, 11) is 0. The van der Waals surface area contributed by atoms with Crippen LogP contribution in [-0.2, 0) is 6.18 Å². The summed E-state index contributed by atoms with van der Waals surface area (Å²) in [5, 5.41) is 3.35. The summed E-state index contributed by atoms with van der Waals surface area (Å²) in [5.41, 5.74) is 0.512. The van der Waals surface area contributed by atoms with Crippen LogP contribution in [0.3, 0.4) is 0 Å². The number of rotatable bonds is 1. The quantitative estimate of drug-likeness (QED) is 0.833. The second-order valence-electron chi connectivity index (χ2n) is 5.43. The Hall–Kier alpha value is -1.10. The van der Waals surface area contributed by atoms with Gasteiger partial charge in [-0.3, -0.25) is 4.98 Å². The SMILES string of the molecule is FC(F)(F)c1ccc(C2CC3(CCN2)CC3)nc1. The van der Waals surface area contributed by atoms with Gasteiger partial charge in [-0.05, 0) is 49.8 Å². The highest BCUT2D eigenvalue weighted by atomic mass is 19.4. The first-order valence-electron chi connectivity index (χ1n) is 6.25. The molecule has 18 heavy (non-hydrogen) atoms. The van der Waals surface area contributed by atoms with Gasteiger partial charge in [0.15, 0.2) is 0 Å². The molecule has 2 nitrogen and oxygen atoms in total. The van der Waals surface area contributed by atoms with Crippen molar-refractivity contribution in [2.75, 3.05) is 6.54 Å². The first-order valence-corrected chi connectivity index (χ1v) is 6.25. The van der Waals surface area contributed by atoms with Gasteiger partial charge < -0.3 is 5.32 Å². The maximum absolute atomic E-state index is 12.4. The fraction of sp³-hybridized carbons (Fsp3) is 0.615. The molecule has 0 radical (unpaired) electrons. The minimum absolute atomic E-state index is 0.114. The Balaban J connectivity index is 1.76. The van der Waals surface area contributed by atoms with Crippen LogP contribution < -0.4 is 5.32 Å². The third-order valence-electron chi connectivity index (χ3n) is 4.11. The van der Waals surface area contributed by atoms with Gasteiger partial charge >= 0.3 is 6.18 Å². The van der Waals surface area contributed by atoms with Crippen LogP contribution in [0.25, 0.3) is 0 Å². The number of nitrogens with zero attached hydrogens (tertiary/aromatic N) is 1. The van der Waals surface area contributed by atoms with Crippen molar-refractivity contribution < 1.29 is 13.2 Å². The van der Waals surface area contributed by atoms with Gasteiger partial charge in [-0.2, -0.15) is 13.2 Å². The van der Waals surface area contributed by atoms with Gasteiger partial charge in [-0.25, -0.2) is 0 Å². The third kappa shape index (κ3) is 2.23. The molecule has 1 aromatic heterocycles. The lowest BCUT2D eigenvalue weighted by Crippen LogP contribution is -2.33. The number of aromatic nitrogens is 1. The summed E-state index contributed by atoms with van der Waals surface area (Å²) in [6.45, 7) is 0.938. The lowest BCUT2D eigenvalue weighted by molar-refractivity contribution is -0.137. The summed E-state index contributed by atoms with van der Waals surface area (Å²) < 4.78 is 37.3. The molecule has 1 saturated heterocycles. The summed E-state index contributed by atoms with van der Waals surface area (Å²) in [5.74, 6) is 0. The fourth-order valence-corrected chi connectivity index (χ4v) is 2.74. The predicted octanol–water partition coefficient (Wildman–Crippen LogP) is 3.31. The van der Waals surface area contributed by atoms with Crippen molar-refractivity contribution in [1.29, 1.82) is 0 Å². The highest BCUT2D eigenvalue weighted by molar-refractivity contribution is 5.20. The number of halogens is 3. The van der Waals surface area contributed by atoms with E-state index in [9.17, 15) is 13.2 Å². The highest BCUT2D eigenvalue weighted by Gasteiger charge is 2.46. The van der Waals surface area contributed by atoms with Crippen LogP contribution in [0.5, 0.6) is 0 Å². The zero-order valence-corrected chi connectivity index (χ0v) is 9.93. The molecule has 0 amide bonds. The Labute approximate surface area is 104 Å². The number of pyridine rings is 1. The largest absolute Gasteiger partial charge is 0.417 e. The zero-order valence-electron chi connectivity index (χ0n) is 9.93. The second kappa shape index (κ2) is 3.95. The maximum Gasteiger partial charge on any atom is 0.417 e. The van der Waals surface area contributed by atoms with Gasteiger partial charge in [0.2, 0.25) is 0 Å². The molecule has 5 heteroatoms. The van der Waals surface area contributed by atoms with Crippen LogP contribution in [-0.4, -0.2) is 11.5 Å². The Bertz CT molecular complexity index is 435. The molecule has 1 aliphatic carbocycles. The molecule has 1 N–H and O–H groups in total. The average molecular weight is 256 g/mol. The molecule has 2 aliphatic rings. The molecule has 98 valence electrons. The van der Waals surface area contributed by atoms with Crippen molar-refractivity contribution in [1.82, 2.24) is 10.3 Å². The lowest BCUT2D eigenvalue weighted by Gasteiger charge is -2.30. The van der Waals surface area contributed by atoms with Crippen molar-refractivity contribution >= 4 is 0 Å². The van der Waals surface area contributed by atoms with E-state index in [2.05, 4.69) is 10.3 Å². The van der Waals surface area contributed by atoms with Gasteiger partial charge in [0, 0.05) is 6.20 Å². The Morgan fingerprint density at radius 2 is 2.00 bits per heavy atom. The summed E-state index contributed by atoms with van der Waals surface area (Å²) in [4.78, 5) is 3.98. The Morgan fingerprint density at radius 3 is 2.56 bits per heavy atom. The number of piperidine rings is 1. The summed E-state index contributed by atoms with van der Waals surface area (Å²) >= 11 is 0. The molecule has 1 aliphatic heterocycles. The van der Waals surface area contributed by atoms with Crippen molar-refractivity contribution in [3.63, 3.8) is 0 Å². The van der Waals surface area contributed by atoms with E-state index in [-0.39, 0.29) is 6.04 Å². The average Bonchev–Trinajstić information content (AvgIpc) is 3.08. The number of hydrogen-bond acceptors (Lipinski definition) is 2. The predicted molar refractivity (Wildman–Crippen MR) is 60.9 cm³/mol. The molecule has 1 unspecified atom stereocenters. The minimum atomic E-state index is -4.30. The third-order valence-corrected chi connectivity index (χ3v) is 4.11. The van der Waals surface area contributed by atoms with Crippen LogP contribution in [0.4, 0.5) is 13.2 Å². The van der Waals surface area contributed by atoms with Crippen LogP contribution in [0.1, 0.15) is 43.0 Å². The molecule has 1 spiro atoms. The summed E-state index contributed by atoms with van der Waals surface area (Å²) in [6, 6.07) is 2.74. The maximum atomic E-state index is 12.4. The van der Waals surface area contributed by atoms with E-state index in [1.165, 1.54) is 25.3 Å². The molecule has 1 aromatic rings. The smallest absolute Gasteiger partial charge is 0.309 e. The Kier molecular flexibility index (Phi) is 2.62. The van der Waals surface area contributed by atoms with E-state index in [1.54, 1.807) is 0 Å². The Morgan fingerprint density at radius 1 is 1.22 bits per heavy atom. The molecule has 3 rings (SSSR count). The van der Waals surface area contributed by atoms with E-state index in [0.29, 0.717) is 5.41 Å². The minimum Gasteiger partial charge on any atom is -0.309 e. The summed E-state index contributed by atoms with van der Waals surface area (Å²) in [6.07, 6.45) is 1.33. The van der Waals surface area contributed by atoms with Gasteiger partial charge in [0.05, 0.1) is 17.3 Å². The zero-order chi connectivity index (χ0) is 12.8. The van der Waals surface area contributed by atoms with Crippen molar-refractivity contribution in [3.05, 3.63) is 29.6 Å².